The summed E-state index contributed by atoms with van der Waals surface area (Å²) in [7, 11) is 0. The maximum atomic E-state index is 6.39. The van der Waals surface area contributed by atoms with Gasteiger partial charge in [0.2, 0.25) is 0 Å². The van der Waals surface area contributed by atoms with Gasteiger partial charge >= 0.3 is 0 Å². The first kappa shape index (κ1) is 14.4. The molecule has 0 spiro atoms. The van der Waals surface area contributed by atoms with Crippen molar-refractivity contribution in [2.75, 3.05) is 0 Å². The molecule has 0 saturated carbocycles. The van der Waals surface area contributed by atoms with Gasteiger partial charge in [0, 0.05) is 5.56 Å². The van der Waals surface area contributed by atoms with E-state index in [1.54, 1.807) is 12.5 Å². The zero-order valence-corrected chi connectivity index (χ0v) is 13.4. The minimum absolute atomic E-state index is 0.116. The van der Waals surface area contributed by atoms with Crippen LogP contribution >= 0.6 is 0 Å². The highest BCUT2D eigenvalue weighted by Gasteiger charge is 2.37. The predicted octanol–water partition coefficient (Wildman–Crippen LogP) is 4.68. The molecule has 2 nitrogen and oxygen atoms in total. The molecule has 1 aliphatic rings. The predicted molar refractivity (Wildman–Crippen MR) is 86.5 cm³/mol. The van der Waals surface area contributed by atoms with Gasteiger partial charge in [0.05, 0.1) is 18.6 Å². The van der Waals surface area contributed by atoms with Crippen LogP contribution in [0.15, 0.2) is 41.2 Å². The lowest BCUT2D eigenvalue weighted by molar-refractivity contribution is 0.331. The van der Waals surface area contributed by atoms with Gasteiger partial charge in [0.25, 0.3) is 0 Å². The topological polar surface area (TPSA) is 39.2 Å². The van der Waals surface area contributed by atoms with Crippen molar-refractivity contribution in [1.29, 1.82) is 0 Å². The van der Waals surface area contributed by atoms with Gasteiger partial charge in [-0.1, -0.05) is 45.9 Å². The highest BCUT2D eigenvalue weighted by Crippen LogP contribution is 2.46. The molecule has 1 aromatic carbocycles. The van der Waals surface area contributed by atoms with Gasteiger partial charge in [0.15, 0.2) is 0 Å². The second-order valence-corrected chi connectivity index (χ2v) is 7.61. The Balaban J connectivity index is 2.08. The number of fused-ring (bicyclic) bond motifs is 1. The van der Waals surface area contributed by atoms with Crippen LogP contribution in [0, 0.1) is 0 Å². The maximum absolute atomic E-state index is 6.39. The monoisotopic (exact) mass is 283 g/mol. The number of nitrogens with two attached hydrogens (primary N) is 1. The quantitative estimate of drug-likeness (QED) is 0.869. The zero-order chi connectivity index (χ0) is 15.3. The van der Waals surface area contributed by atoms with Crippen molar-refractivity contribution in [2.24, 2.45) is 5.73 Å². The zero-order valence-electron chi connectivity index (χ0n) is 13.4. The van der Waals surface area contributed by atoms with E-state index in [1.165, 1.54) is 29.5 Å². The summed E-state index contributed by atoms with van der Waals surface area (Å²) < 4.78 is 5.16. The van der Waals surface area contributed by atoms with Gasteiger partial charge in [-0.15, -0.1) is 0 Å². The van der Waals surface area contributed by atoms with Gasteiger partial charge in [0.1, 0.15) is 0 Å². The fraction of sp³-hybridized carbons (Fsp3) is 0.474. The lowest BCUT2D eigenvalue weighted by Crippen LogP contribution is -2.34. The SMILES string of the molecule is CC1(C)CCC(C)(C)c2cc(C(N)c3ccoc3)ccc21. The van der Waals surface area contributed by atoms with Gasteiger partial charge in [-0.3, -0.25) is 0 Å². The molecule has 0 amide bonds. The van der Waals surface area contributed by atoms with Crippen molar-refractivity contribution < 1.29 is 4.42 Å². The number of rotatable bonds is 2. The first-order chi connectivity index (χ1) is 9.81. The molecule has 0 aliphatic heterocycles. The van der Waals surface area contributed by atoms with E-state index in [0.717, 1.165) is 5.56 Å². The molecular weight excluding hydrogens is 258 g/mol. The summed E-state index contributed by atoms with van der Waals surface area (Å²) >= 11 is 0. The molecule has 112 valence electrons. The van der Waals surface area contributed by atoms with Gasteiger partial charge < -0.3 is 10.2 Å². The van der Waals surface area contributed by atoms with E-state index in [4.69, 9.17) is 10.2 Å². The molecule has 3 rings (SSSR count). The van der Waals surface area contributed by atoms with Crippen LogP contribution in [0.2, 0.25) is 0 Å². The molecule has 0 saturated heterocycles. The van der Waals surface area contributed by atoms with Crippen molar-refractivity contribution in [2.45, 2.75) is 57.4 Å². The Morgan fingerprint density at radius 2 is 1.62 bits per heavy atom. The van der Waals surface area contributed by atoms with Crippen LogP contribution in [0.4, 0.5) is 0 Å². The summed E-state index contributed by atoms with van der Waals surface area (Å²) in [5.41, 5.74) is 12.0. The van der Waals surface area contributed by atoms with Crippen molar-refractivity contribution in [3.63, 3.8) is 0 Å². The van der Waals surface area contributed by atoms with Crippen LogP contribution < -0.4 is 5.73 Å². The van der Waals surface area contributed by atoms with Crippen LogP contribution in [-0.2, 0) is 10.8 Å². The second kappa shape index (κ2) is 4.74. The van der Waals surface area contributed by atoms with Crippen LogP contribution in [0.25, 0.3) is 0 Å². The normalized spacial score (nSPS) is 20.8. The van der Waals surface area contributed by atoms with E-state index in [1.807, 2.05) is 6.07 Å². The Labute approximate surface area is 127 Å². The first-order valence-corrected chi connectivity index (χ1v) is 7.74. The van der Waals surface area contributed by atoms with Crippen molar-refractivity contribution in [3.05, 3.63) is 59.0 Å². The summed E-state index contributed by atoms with van der Waals surface area (Å²) in [6, 6.07) is 8.60. The molecule has 2 N–H and O–H groups in total. The summed E-state index contributed by atoms with van der Waals surface area (Å²) in [6.07, 6.45) is 5.87. The minimum Gasteiger partial charge on any atom is -0.472 e. The van der Waals surface area contributed by atoms with Crippen LogP contribution in [0.5, 0.6) is 0 Å². The second-order valence-electron chi connectivity index (χ2n) is 7.61. The Morgan fingerprint density at radius 1 is 0.952 bits per heavy atom. The standard InChI is InChI=1S/C19H25NO/c1-18(2)8-9-19(3,4)16-11-13(5-6-15(16)18)17(20)14-7-10-21-12-14/h5-7,10-12,17H,8-9,20H2,1-4H3. The highest BCUT2D eigenvalue weighted by molar-refractivity contribution is 5.45. The summed E-state index contributed by atoms with van der Waals surface area (Å²) in [5.74, 6) is 0. The van der Waals surface area contributed by atoms with E-state index >= 15 is 0 Å². The smallest absolute Gasteiger partial charge is 0.0953 e. The van der Waals surface area contributed by atoms with E-state index in [9.17, 15) is 0 Å². The fourth-order valence-corrected chi connectivity index (χ4v) is 3.44. The minimum atomic E-state index is -0.116. The molecule has 2 aromatic rings. The molecule has 1 aromatic heterocycles. The lowest BCUT2D eigenvalue weighted by Gasteiger charge is -2.42. The Hall–Kier alpha value is -1.54. The van der Waals surface area contributed by atoms with E-state index in [-0.39, 0.29) is 16.9 Å². The average Bonchev–Trinajstić information content (AvgIpc) is 2.97. The highest BCUT2D eigenvalue weighted by atomic mass is 16.3. The van der Waals surface area contributed by atoms with Gasteiger partial charge in [-0.25, -0.2) is 0 Å². The first-order valence-electron chi connectivity index (χ1n) is 7.74. The molecule has 21 heavy (non-hydrogen) atoms. The number of hydrogen-bond donors (Lipinski definition) is 1. The van der Waals surface area contributed by atoms with Crippen molar-refractivity contribution in [3.8, 4) is 0 Å². The Bertz CT molecular complexity index is 638. The van der Waals surface area contributed by atoms with E-state index in [2.05, 4.69) is 45.9 Å². The molecule has 1 atom stereocenters. The third-order valence-electron chi connectivity index (χ3n) is 5.14. The van der Waals surface area contributed by atoms with Crippen molar-refractivity contribution >= 4 is 0 Å². The molecule has 0 bridgehead atoms. The molecule has 2 heteroatoms. The molecule has 0 fully saturated rings. The van der Waals surface area contributed by atoms with E-state index < -0.39 is 0 Å². The summed E-state index contributed by atoms with van der Waals surface area (Å²) in [6.45, 7) is 9.37. The van der Waals surface area contributed by atoms with Crippen LogP contribution in [0.1, 0.15) is 68.8 Å². The van der Waals surface area contributed by atoms with Crippen LogP contribution in [-0.4, -0.2) is 0 Å². The maximum Gasteiger partial charge on any atom is 0.0953 e. The third-order valence-corrected chi connectivity index (χ3v) is 5.14. The van der Waals surface area contributed by atoms with Gasteiger partial charge in [-0.2, -0.15) is 0 Å². The Morgan fingerprint density at radius 3 is 2.24 bits per heavy atom. The third kappa shape index (κ3) is 2.42. The average molecular weight is 283 g/mol. The fourth-order valence-electron chi connectivity index (χ4n) is 3.44. The number of furan rings is 1. The van der Waals surface area contributed by atoms with Crippen LogP contribution in [0.3, 0.4) is 0 Å². The summed E-state index contributed by atoms with van der Waals surface area (Å²) in [4.78, 5) is 0. The molecule has 1 unspecified atom stereocenters. The number of hydrogen-bond acceptors (Lipinski definition) is 2. The lowest BCUT2D eigenvalue weighted by atomic mass is 9.63. The molecule has 1 heterocycles. The molecular formula is C19H25NO. The Kier molecular flexibility index (Phi) is 3.25. The largest absolute Gasteiger partial charge is 0.472 e. The molecule has 1 aliphatic carbocycles. The number of benzene rings is 1. The van der Waals surface area contributed by atoms with Crippen molar-refractivity contribution in [1.82, 2.24) is 0 Å². The summed E-state index contributed by atoms with van der Waals surface area (Å²) in [5, 5.41) is 0. The van der Waals surface area contributed by atoms with Gasteiger partial charge in [-0.05, 0) is 46.4 Å². The molecule has 0 radical (unpaired) electrons. The van der Waals surface area contributed by atoms with E-state index in [0.29, 0.717) is 0 Å².